The molecule has 0 aliphatic rings. The van der Waals surface area contributed by atoms with E-state index in [0.717, 1.165) is 0 Å². The van der Waals surface area contributed by atoms with E-state index in [1.165, 1.54) is 60.7 Å². The van der Waals surface area contributed by atoms with Crippen molar-refractivity contribution < 1.29 is 42.9 Å². The van der Waals surface area contributed by atoms with Crippen molar-refractivity contribution in [1.29, 1.82) is 0 Å². The molecule has 5 rings (SSSR count). The second kappa shape index (κ2) is 14.4. The highest BCUT2D eigenvalue weighted by Gasteiger charge is 2.29. The Labute approximate surface area is 276 Å². The fraction of sp³-hybridized carbons (Fsp3) is 0.103. The maximum atomic E-state index is 13.5. The number of benzene rings is 5. The molecule has 0 aliphatic carbocycles. The molecule has 0 bridgehead atoms. The largest absolute Gasteiger partial charge is 0.456 e. The summed E-state index contributed by atoms with van der Waals surface area (Å²) in [7, 11) is 0. The van der Waals surface area contributed by atoms with E-state index in [2.05, 4.69) is 0 Å². The summed E-state index contributed by atoms with van der Waals surface area (Å²) in [6.45, 7) is 5.06. The van der Waals surface area contributed by atoms with Gasteiger partial charge in [-0.15, -0.1) is 0 Å². The first-order valence-electron chi connectivity index (χ1n) is 14.9. The first-order valence-corrected chi connectivity index (χ1v) is 14.9. The number of carbonyl (C=O) groups excluding carboxylic acids is 5. The normalized spacial score (nSPS) is 10.8. The van der Waals surface area contributed by atoms with Gasteiger partial charge in [-0.3, -0.25) is 0 Å². The summed E-state index contributed by atoms with van der Waals surface area (Å²) in [6, 6.07) is 32.8. The second-order valence-electron chi connectivity index (χ2n) is 11.4. The van der Waals surface area contributed by atoms with Gasteiger partial charge < -0.3 is 18.9 Å². The van der Waals surface area contributed by atoms with Gasteiger partial charge in [-0.2, -0.15) is 0 Å². The van der Waals surface area contributed by atoms with Gasteiger partial charge in [-0.1, -0.05) is 72.8 Å². The molecule has 9 nitrogen and oxygen atoms in total. The smallest absolute Gasteiger partial charge is 0.346 e. The fourth-order valence-corrected chi connectivity index (χ4v) is 4.59. The monoisotopic (exact) mass is 642 g/mol. The number of esters is 5. The lowest BCUT2D eigenvalue weighted by molar-refractivity contribution is 0.00671. The number of hydrogen-bond donors (Lipinski definition) is 0. The number of hydrogen-bond acceptors (Lipinski definition) is 9. The van der Waals surface area contributed by atoms with Crippen LogP contribution in [0.5, 0.6) is 11.5 Å². The fourth-order valence-electron chi connectivity index (χ4n) is 4.59. The number of rotatable bonds is 8. The Morgan fingerprint density at radius 2 is 0.875 bits per heavy atom. The highest BCUT2D eigenvalue weighted by Crippen LogP contribution is 2.43. The molecule has 0 aromatic heterocycles. The van der Waals surface area contributed by atoms with E-state index in [9.17, 15) is 24.0 Å². The van der Waals surface area contributed by atoms with Crippen molar-refractivity contribution >= 4 is 29.8 Å². The summed E-state index contributed by atoms with van der Waals surface area (Å²) in [4.78, 5) is 66.5. The van der Waals surface area contributed by atoms with Crippen LogP contribution in [0, 0.1) is 0 Å². The lowest BCUT2D eigenvalue weighted by Crippen LogP contribution is -2.24. The Balaban J connectivity index is 1.69. The summed E-state index contributed by atoms with van der Waals surface area (Å²) < 4.78 is 22.5. The predicted octanol–water partition coefficient (Wildman–Crippen LogP) is 7.74. The van der Waals surface area contributed by atoms with Crippen molar-refractivity contribution in [3.05, 3.63) is 155 Å². The van der Waals surface area contributed by atoms with Gasteiger partial charge in [-0.25, -0.2) is 24.0 Å². The molecule has 0 saturated heterocycles. The van der Waals surface area contributed by atoms with E-state index in [0.29, 0.717) is 0 Å². The molecule has 0 spiro atoms. The third kappa shape index (κ3) is 8.07. The Bertz CT molecular complexity index is 1900. The standard InChI is InChI=1S/C39H30O9/c1-39(2,3)48-37(43)28-23-31(45-34(40)25-15-7-4-8-16-25)33(32(24-28)46-35(41)26-17-9-5-10-18-26)29-21-13-14-22-30(29)38(44)47-36(42)27-19-11-6-12-20-27/h4-24H,1-3H3. The molecule has 48 heavy (non-hydrogen) atoms. The van der Waals surface area contributed by atoms with Gasteiger partial charge in [0.2, 0.25) is 0 Å². The third-order valence-electron chi connectivity index (χ3n) is 6.74. The molecule has 0 saturated carbocycles. The van der Waals surface area contributed by atoms with Crippen LogP contribution in [0.2, 0.25) is 0 Å². The van der Waals surface area contributed by atoms with Gasteiger partial charge in [0.15, 0.2) is 0 Å². The van der Waals surface area contributed by atoms with Crippen molar-refractivity contribution in [3.63, 3.8) is 0 Å². The Hall–Kier alpha value is -6.35. The molecule has 9 heteroatoms. The van der Waals surface area contributed by atoms with Crippen LogP contribution < -0.4 is 9.47 Å². The average Bonchev–Trinajstić information content (AvgIpc) is 3.08. The van der Waals surface area contributed by atoms with E-state index in [4.69, 9.17) is 18.9 Å². The molecular weight excluding hydrogens is 612 g/mol. The van der Waals surface area contributed by atoms with Crippen molar-refractivity contribution in [2.45, 2.75) is 26.4 Å². The lowest BCUT2D eigenvalue weighted by Gasteiger charge is -2.21. The maximum Gasteiger partial charge on any atom is 0.346 e. The van der Waals surface area contributed by atoms with Crippen LogP contribution in [0.1, 0.15) is 72.6 Å². The molecule has 0 fully saturated rings. The average molecular weight is 643 g/mol. The zero-order valence-electron chi connectivity index (χ0n) is 26.3. The quantitative estimate of drug-likeness (QED) is 0.0950. The van der Waals surface area contributed by atoms with Gasteiger partial charge >= 0.3 is 29.8 Å². The van der Waals surface area contributed by atoms with E-state index in [1.807, 2.05) is 0 Å². The van der Waals surface area contributed by atoms with Gasteiger partial charge in [0.1, 0.15) is 17.1 Å². The van der Waals surface area contributed by atoms with Crippen molar-refractivity contribution in [2.24, 2.45) is 0 Å². The van der Waals surface area contributed by atoms with Crippen molar-refractivity contribution in [1.82, 2.24) is 0 Å². The number of ether oxygens (including phenoxy) is 4. The van der Waals surface area contributed by atoms with Crippen LogP contribution in [0.4, 0.5) is 0 Å². The molecule has 5 aromatic carbocycles. The molecule has 0 aliphatic heterocycles. The topological polar surface area (TPSA) is 122 Å². The van der Waals surface area contributed by atoms with E-state index in [-0.39, 0.29) is 50.4 Å². The summed E-state index contributed by atoms with van der Waals surface area (Å²) in [5.41, 5.74) is -0.508. The molecule has 0 N–H and O–H groups in total. The molecule has 0 atom stereocenters. The molecule has 0 radical (unpaired) electrons. The Kier molecular flexibility index (Phi) is 9.90. The van der Waals surface area contributed by atoms with Gasteiger partial charge in [0.25, 0.3) is 0 Å². The van der Waals surface area contributed by atoms with E-state index >= 15 is 0 Å². The third-order valence-corrected chi connectivity index (χ3v) is 6.74. The lowest BCUT2D eigenvalue weighted by atomic mass is 9.96. The van der Waals surface area contributed by atoms with Crippen molar-refractivity contribution in [2.75, 3.05) is 0 Å². The first kappa shape index (κ1) is 33.0. The van der Waals surface area contributed by atoms with Crippen molar-refractivity contribution in [3.8, 4) is 22.6 Å². The molecule has 240 valence electrons. The molecule has 0 heterocycles. The molecule has 0 unspecified atom stereocenters. The molecule has 5 aromatic rings. The van der Waals surface area contributed by atoms with Gasteiger partial charge in [0, 0.05) is 5.56 Å². The maximum absolute atomic E-state index is 13.5. The summed E-state index contributed by atoms with van der Waals surface area (Å²) in [5, 5.41) is 0. The van der Waals surface area contributed by atoms with Gasteiger partial charge in [0.05, 0.1) is 33.4 Å². The van der Waals surface area contributed by atoms with Gasteiger partial charge in [-0.05, 0) is 75.4 Å². The first-order chi connectivity index (χ1) is 23.0. The van der Waals surface area contributed by atoms with E-state index in [1.54, 1.807) is 87.5 Å². The highest BCUT2D eigenvalue weighted by atomic mass is 16.6. The minimum absolute atomic E-state index is 0.0319. The molecule has 0 amide bonds. The van der Waals surface area contributed by atoms with E-state index < -0.39 is 35.4 Å². The minimum atomic E-state index is -1.02. The van der Waals surface area contributed by atoms with Crippen LogP contribution in [-0.2, 0) is 9.47 Å². The minimum Gasteiger partial charge on any atom is -0.456 e. The summed E-state index contributed by atoms with van der Waals surface area (Å²) in [5.74, 6) is -4.73. The Morgan fingerprint density at radius 3 is 1.33 bits per heavy atom. The van der Waals surface area contributed by atoms with Crippen LogP contribution in [-0.4, -0.2) is 35.4 Å². The highest BCUT2D eigenvalue weighted by molar-refractivity contribution is 6.07. The zero-order valence-corrected chi connectivity index (χ0v) is 26.3. The Morgan fingerprint density at radius 1 is 0.458 bits per heavy atom. The van der Waals surface area contributed by atoms with Crippen LogP contribution >= 0.6 is 0 Å². The summed E-state index contributed by atoms with van der Waals surface area (Å²) >= 11 is 0. The summed E-state index contributed by atoms with van der Waals surface area (Å²) in [6.07, 6.45) is 0. The number of carbonyl (C=O) groups is 5. The van der Waals surface area contributed by atoms with Crippen LogP contribution in [0.3, 0.4) is 0 Å². The SMILES string of the molecule is CC(C)(C)OC(=O)c1cc(OC(=O)c2ccccc2)c(-c2ccccc2C(=O)OC(=O)c2ccccc2)c(OC(=O)c2ccccc2)c1. The second-order valence-corrected chi connectivity index (χ2v) is 11.4. The van der Waals surface area contributed by atoms with Crippen LogP contribution in [0.25, 0.3) is 11.1 Å². The predicted molar refractivity (Wildman–Crippen MR) is 176 cm³/mol. The molecular formula is C39H30O9. The zero-order chi connectivity index (χ0) is 34.3. The van der Waals surface area contributed by atoms with Crippen LogP contribution in [0.15, 0.2) is 127 Å².